The summed E-state index contributed by atoms with van der Waals surface area (Å²) in [6.45, 7) is 7.48. The number of hydrogen-bond acceptors (Lipinski definition) is 2. The highest BCUT2D eigenvalue weighted by Crippen LogP contribution is 2.47. The highest BCUT2D eigenvalue weighted by atomic mass is 16.5. The minimum absolute atomic E-state index is 0.270. The maximum absolute atomic E-state index is 5.81. The molecule has 1 aliphatic rings. The first-order chi connectivity index (χ1) is 8.20. The van der Waals surface area contributed by atoms with Crippen LogP contribution in [0.25, 0.3) is 0 Å². The maximum atomic E-state index is 5.81. The Bertz CT molecular complexity index is 351. The molecule has 2 nitrogen and oxygen atoms in total. The fraction of sp³-hybridized carbons (Fsp3) is 0.600. The number of benzene rings is 1. The van der Waals surface area contributed by atoms with Gasteiger partial charge in [0.1, 0.15) is 0 Å². The van der Waals surface area contributed by atoms with E-state index in [1.165, 1.54) is 5.69 Å². The third-order valence-corrected chi connectivity index (χ3v) is 4.23. The van der Waals surface area contributed by atoms with Gasteiger partial charge in [-0.3, -0.25) is 0 Å². The summed E-state index contributed by atoms with van der Waals surface area (Å²) in [5.41, 5.74) is 1.48. The second-order valence-corrected chi connectivity index (χ2v) is 5.10. The van der Waals surface area contributed by atoms with Crippen molar-refractivity contribution in [3.05, 3.63) is 30.3 Å². The van der Waals surface area contributed by atoms with Gasteiger partial charge in [0.05, 0.1) is 6.10 Å². The molecule has 0 aromatic heterocycles. The largest absolute Gasteiger partial charge is 0.382 e. The summed E-state index contributed by atoms with van der Waals surface area (Å²) in [5.74, 6) is 0. The van der Waals surface area contributed by atoms with Gasteiger partial charge < -0.3 is 10.1 Å². The lowest BCUT2D eigenvalue weighted by atomic mass is 9.61. The molecule has 0 radical (unpaired) electrons. The van der Waals surface area contributed by atoms with Crippen molar-refractivity contribution < 1.29 is 4.74 Å². The van der Waals surface area contributed by atoms with E-state index in [9.17, 15) is 0 Å². The number of hydrogen-bond donors (Lipinski definition) is 1. The van der Waals surface area contributed by atoms with Crippen LogP contribution in [0.4, 0.5) is 5.69 Å². The summed E-state index contributed by atoms with van der Waals surface area (Å²) in [4.78, 5) is 0. The SMILES string of the molecule is CCOC1CC(Nc2ccccc2)C1(C)CC. The Morgan fingerprint density at radius 3 is 2.59 bits per heavy atom. The zero-order valence-corrected chi connectivity index (χ0v) is 11.1. The molecule has 3 atom stereocenters. The third kappa shape index (κ3) is 2.32. The predicted octanol–water partition coefficient (Wildman–Crippen LogP) is 3.69. The Kier molecular flexibility index (Phi) is 3.72. The van der Waals surface area contributed by atoms with E-state index >= 15 is 0 Å². The molecule has 1 fully saturated rings. The lowest BCUT2D eigenvalue weighted by molar-refractivity contribution is -0.109. The van der Waals surface area contributed by atoms with Gasteiger partial charge >= 0.3 is 0 Å². The minimum atomic E-state index is 0.270. The fourth-order valence-electron chi connectivity index (χ4n) is 2.71. The van der Waals surface area contributed by atoms with E-state index in [1.807, 2.05) is 6.07 Å². The van der Waals surface area contributed by atoms with Gasteiger partial charge in [-0.05, 0) is 31.9 Å². The zero-order valence-electron chi connectivity index (χ0n) is 11.1. The summed E-state index contributed by atoms with van der Waals surface area (Å²) < 4.78 is 5.81. The van der Waals surface area contributed by atoms with Gasteiger partial charge in [-0.25, -0.2) is 0 Å². The molecule has 94 valence electrons. The minimum Gasteiger partial charge on any atom is -0.382 e. The van der Waals surface area contributed by atoms with Gasteiger partial charge in [0, 0.05) is 23.8 Å². The van der Waals surface area contributed by atoms with E-state index in [1.54, 1.807) is 0 Å². The molecule has 2 rings (SSSR count). The lowest BCUT2D eigenvalue weighted by Gasteiger charge is -2.54. The van der Waals surface area contributed by atoms with Gasteiger partial charge in [0.2, 0.25) is 0 Å². The summed E-state index contributed by atoms with van der Waals surface area (Å²) in [7, 11) is 0. The molecule has 1 N–H and O–H groups in total. The van der Waals surface area contributed by atoms with E-state index in [4.69, 9.17) is 4.74 Å². The molecule has 1 aromatic rings. The quantitative estimate of drug-likeness (QED) is 0.837. The molecule has 1 aliphatic carbocycles. The van der Waals surface area contributed by atoms with Crippen molar-refractivity contribution in [3.8, 4) is 0 Å². The highest BCUT2D eigenvalue weighted by molar-refractivity contribution is 5.45. The van der Waals surface area contributed by atoms with Crippen molar-refractivity contribution >= 4 is 5.69 Å². The van der Waals surface area contributed by atoms with Crippen molar-refractivity contribution in [3.63, 3.8) is 0 Å². The normalized spacial score (nSPS) is 31.9. The molecule has 0 amide bonds. The first-order valence-electron chi connectivity index (χ1n) is 6.64. The molecule has 17 heavy (non-hydrogen) atoms. The smallest absolute Gasteiger partial charge is 0.0667 e. The molecule has 0 aliphatic heterocycles. The van der Waals surface area contributed by atoms with Crippen molar-refractivity contribution in [2.24, 2.45) is 5.41 Å². The first-order valence-corrected chi connectivity index (χ1v) is 6.64. The van der Waals surface area contributed by atoms with Crippen LogP contribution in [0, 0.1) is 5.41 Å². The topological polar surface area (TPSA) is 21.3 Å². The van der Waals surface area contributed by atoms with Crippen LogP contribution in [0.15, 0.2) is 30.3 Å². The molecule has 1 aromatic carbocycles. The standard InChI is InChI=1S/C15H23NO/c1-4-15(3)13(11-14(15)17-5-2)16-12-9-7-6-8-10-12/h6-10,13-14,16H,4-5,11H2,1-3H3. The molecule has 0 bridgehead atoms. The third-order valence-electron chi connectivity index (χ3n) is 4.23. The molecule has 3 unspecified atom stereocenters. The molecule has 0 saturated heterocycles. The number of para-hydroxylation sites is 1. The van der Waals surface area contributed by atoms with Crippen LogP contribution in [-0.2, 0) is 4.74 Å². The number of anilines is 1. The van der Waals surface area contributed by atoms with Crippen LogP contribution in [-0.4, -0.2) is 18.8 Å². The number of nitrogens with one attached hydrogen (secondary N) is 1. The van der Waals surface area contributed by atoms with Crippen molar-refractivity contribution in [1.29, 1.82) is 0 Å². The van der Waals surface area contributed by atoms with Gasteiger partial charge in [-0.2, -0.15) is 0 Å². The Morgan fingerprint density at radius 2 is 2.00 bits per heavy atom. The van der Waals surface area contributed by atoms with Crippen molar-refractivity contribution in [1.82, 2.24) is 0 Å². The summed E-state index contributed by atoms with van der Waals surface area (Å²) in [5, 5.41) is 3.63. The molecule has 0 heterocycles. The van der Waals surface area contributed by atoms with Crippen LogP contribution in [0.3, 0.4) is 0 Å². The average molecular weight is 233 g/mol. The Morgan fingerprint density at radius 1 is 1.29 bits per heavy atom. The average Bonchev–Trinajstić information content (AvgIpc) is 2.38. The molecular weight excluding hydrogens is 210 g/mol. The van der Waals surface area contributed by atoms with Gasteiger partial charge in [0.25, 0.3) is 0 Å². The van der Waals surface area contributed by atoms with E-state index in [2.05, 4.69) is 50.4 Å². The zero-order chi connectivity index (χ0) is 12.3. The van der Waals surface area contributed by atoms with Crippen molar-refractivity contribution in [2.45, 2.75) is 45.8 Å². The van der Waals surface area contributed by atoms with Gasteiger partial charge in [-0.1, -0.05) is 32.0 Å². The van der Waals surface area contributed by atoms with Crippen LogP contribution < -0.4 is 5.32 Å². The Labute approximate surface area is 104 Å². The summed E-state index contributed by atoms with van der Waals surface area (Å²) in [6.07, 6.45) is 2.69. The van der Waals surface area contributed by atoms with Crippen molar-refractivity contribution in [2.75, 3.05) is 11.9 Å². The number of rotatable bonds is 5. The van der Waals surface area contributed by atoms with Gasteiger partial charge in [0.15, 0.2) is 0 Å². The first kappa shape index (κ1) is 12.4. The van der Waals surface area contributed by atoms with E-state index in [-0.39, 0.29) is 5.41 Å². The van der Waals surface area contributed by atoms with Crippen LogP contribution >= 0.6 is 0 Å². The second-order valence-electron chi connectivity index (χ2n) is 5.10. The second kappa shape index (κ2) is 5.09. The van der Waals surface area contributed by atoms with E-state index in [0.29, 0.717) is 12.1 Å². The van der Waals surface area contributed by atoms with Crippen LogP contribution in [0.1, 0.15) is 33.6 Å². The monoisotopic (exact) mass is 233 g/mol. The lowest BCUT2D eigenvalue weighted by Crippen LogP contribution is -2.59. The maximum Gasteiger partial charge on any atom is 0.0667 e. The van der Waals surface area contributed by atoms with E-state index < -0.39 is 0 Å². The molecule has 1 saturated carbocycles. The molecule has 2 heteroatoms. The fourth-order valence-corrected chi connectivity index (χ4v) is 2.71. The molecule has 0 spiro atoms. The Hall–Kier alpha value is -1.02. The predicted molar refractivity (Wildman–Crippen MR) is 72.3 cm³/mol. The van der Waals surface area contributed by atoms with E-state index in [0.717, 1.165) is 19.4 Å². The van der Waals surface area contributed by atoms with Crippen LogP contribution in [0.2, 0.25) is 0 Å². The Balaban J connectivity index is 2.00. The molecular formula is C15H23NO. The summed E-state index contributed by atoms with van der Waals surface area (Å²) in [6, 6.07) is 11.0. The summed E-state index contributed by atoms with van der Waals surface area (Å²) >= 11 is 0. The van der Waals surface area contributed by atoms with Crippen LogP contribution in [0.5, 0.6) is 0 Å². The number of ether oxygens (including phenoxy) is 1. The van der Waals surface area contributed by atoms with Gasteiger partial charge in [-0.15, -0.1) is 0 Å². The highest BCUT2D eigenvalue weighted by Gasteiger charge is 2.51.